The highest BCUT2D eigenvalue weighted by atomic mass is 32.2. The fraction of sp³-hybridized carbons (Fsp3) is 0.750. The first-order valence-corrected chi connectivity index (χ1v) is 7.11. The van der Waals surface area contributed by atoms with Crippen LogP contribution in [0.25, 0.3) is 0 Å². The molecule has 17 heavy (non-hydrogen) atoms. The molecule has 0 bridgehead atoms. The van der Waals surface area contributed by atoms with Crippen molar-refractivity contribution >= 4 is 16.9 Å². The normalized spacial score (nSPS) is 38.1. The maximum atomic E-state index is 9.73. The molecule has 0 unspecified atom stereocenters. The lowest BCUT2D eigenvalue weighted by Gasteiger charge is -2.33. The van der Waals surface area contributed by atoms with Gasteiger partial charge in [-0.15, -0.1) is 6.58 Å². The number of hydrogen-bond donors (Lipinski definition) is 1. The van der Waals surface area contributed by atoms with Crippen LogP contribution in [0.1, 0.15) is 19.3 Å². The number of aliphatic hydroxyl groups is 1. The lowest BCUT2D eigenvalue weighted by Crippen LogP contribution is -2.41. The third-order valence-electron chi connectivity index (χ3n) is 3.62. The van der Waals surface area contributed by atoms with Gasteiger partial charge in [0.25, 0.3) is 0 Å². The lowest BCUT2D eigenvalue weighted by atomic mass is 10.0. The predicted molar refractivity (Wildman–Crippen MR) is 69.1 cm³/mol. The van der Waals surface area contributed by atoms with E-state index in [0.717, 1.165) is 31.1 Å². The zero-order valence-electron chi connectivity index (χ0n) is 9.79. The predicted octanol–water partition coefficient (Wildman–Crippen LogP) is 1.22. The molecule has 0 aromatic rings. The van der Waals surface area contributed by atoms with E-state index in [-0.39, 0.29) is 17.6 Å². The van der Waals surface area contributed by atoms with Gasteiger partial charge < -0.3 is 14.7 Å². The number of nitrogens with zero attached hydrogens (tertiary/aromatic N) is 2. The highest BCUT2D eigenvalue weighted by Gasteiger charge is 2.40. The number of likely N-dealkylation sites (tertiary alicyclic amines) is 1. The zero-order valence-corrected chi connectivity index (χ0v) is 10.6. The van der Waals surface area contributed by atoms with E-state index in [9.17, 15) is 5.11 Å². The Bertz CT molecular complexity index is 343. The van der Waals surface area contributed by atoms with Crippen LogP contribution in [-0.4, -0.2) is 51.9 Å². The summed E-state index contributed by atoms with van der Waals surface area (Å²) < 4.78 is 5.91. The molecule has 5 heteroatoms. The van der Waals surface area contributed by atoms with E-state index in [0.29, 0.717) is 0 Å². The molecular formula is C12H18N2O2S. The third kappa shape index (κ3) is 2.11. The highest BCUT2D eigenvalue weighted by Crippen LogP contribution is 2.38. The Morgan fingerprint density at radius 3 is 3.00 bits per heavy atom. The summed E-state index contributed by atoms with van der Waals surface area (Å²) in [5, 5.41) is 10.9. The monoisotopic (exact) mass is 254 g/mol. The van der Waals surface area contributed by atoms with Crippen molar-refractivity contribution < 1.29 is 9.84 Å². The van der Waals surface area contributed by atoms with Crippen molar-refractivity contribution in [1.82, 2.24) is 4.90 Å². The van der Waals surface area contributed by atoms with Crippen LogP contribution in [0.3, 0.4) is 0 Å². The summed E-state index contributed by atoms with van der Waals surface area (Å²) in [6, 6.07) is 0.281. The van der Waals surface area contributed by atoms with Gasteiger partial charge in [-0.05, 0) is 19.3 Å². The second-order valence-electron chi connectivity index (χ2n) is 4.78. The van der Waals surface area contributed by atoms with Crippen molar-refractivity contribution in [3.63, 3.8) is 0 Å². The molecule has 3 rings (SSSR count). The molecule has 3 aliphatic heterocycles. The quantitative estimate of drug-likeness (QED) is 0.753. The van der Waals surface area contributed by atoms with Crippen LogP contribution < -0.4 is 0 Å². The minimum atomic E-state index is -0.551. The van der Waals surface area contributed by atoms with Gasteiger partial charge in [0.15, 0.2) is 5.17 Å². The Balaban J connectivity index is 1.62. The largest absolute Gasteiger partial charge is 0.386 e. The number of thioether (sulfide) groups is 1. The average Bonchev–Trinajstić information content (AvgIpc) is 2.67. The maximum Gasteiger partial charge on any atom is 0.162 e. The first kappa shape index (κ1) is 11.6. The SMILES string of the molecule is C=C[C@H](O)[C@H]1CC[C@H]2N=C(N3CCC3)S[C@H]2O1. The second-order valence-corrected chi connectivity index (χ2v) is 5.85. The minimum absolute atomic E-state index is 0.0962. The molecule has 0 spiro atoms. The number of aliphatic imine (C=N–C) groups is 1. The molecule has 0 amide bonds. The van der Waals surface area contributed by atoms with Gasteiger partial charge in [0.1, 0.15) is 5.44 Å². The molecule has 0 saturated carbocycles. The lowest BCUT2D eigenvalue weighted by molar-refractivity contribution is -0.0636. The van der Waals surface area contributed by atoms with Crippen molar-refractivity contribution in [1.29, 1.82) is 0 Å². The van der Waals surface area contributed by atoms with Crippen molar-refractivity contribution in [3.05, 3.63) is 12.7 Å². The summed E-state index contributed by atoms with van der Waals surface area (Å²) >= 11 is 1.72. The highest BCUT2D eigenvalue weighted by molar-refractivity contribution is 8.14. The first-order chi connectivity index (χ1) is 8.28. The maximum absolute atomic E-state index is 9.73. The molecule has 94 valence electrons. The van der Waals surface area contributed by atoms with Crippen LogP contribution in [-0.2, 0) is 4.74 Å². The van der Waals surface area contributed by atoms with Gasteiger partial charge in [0, 0.05) is 13.1 Å². The molecule has 3 heterocycles. The molecule has 0 aromatic heterocycles. The van der Waals surface area contributed by atoms with E-state index < -0.39 is 6.10 Å². The molecule has 0 aliphatic carbocycles. The number of amidine groups is 1. The summed E-state index contributed by atoms with van der Waals surface area (Å²) in [5.74, 6) is 0. The molecule has 2 fully saturated rings. The summed E-state index contributed by atoms with van der Waals surface area (Å²) in [7, 11) is 0. The van der Waals surface area contributed by atoms with Gasteiger partial charge in [-0.25, -0.2) is 0 Å². The first-order valence-electron chi connectivity index (χ1n) is 6.23. The van der Waals surface area contributed by atoms with E-state index in [1.54, 1.807) is 17.8 Å². The molecule has 0 radical (unpaired) electrons. The fourth-order valence-corrected chi connectivity index (χ4v) is 3.66. The topological polar surface area (TPSA) is 45.1 Å². The minimum Gasteiger partial charge on any atom is -0.386 e. The molecule has 4 atom stereocenters. The Morgan fingerprint density at radius 1 is 1.53 bits per heavy atom. The average molecular weight is 254 g/mol. The number of rotatable bonds is 2. The van der Waals surface area contributed by atoms with E-state index in [2.05, 4.69) is 11.5 Å². The Hall–Kier alpha value is -0.520. The van der Waals surface area contributed by atoms with Gasteiger partial charge in [-0.3, -0.25) is 4.99 Å². The van der Waals surface area contributed by atoms with Gasteiger partial charge >= 0.3 is 0 Å². The summed E-state index contributed by atoms with van der Waals surface area (Å²) in [6.45, 7) is 5.87. The number of ether oxygens (including phenoxy) is 1. The Labute approximate surface area is 106 Å². The van der Waals surface area contributed by atoms with Crippen molar-refractivity contribution in [2.75, 3.05) is 13.1 Å². The smallest absolute Gasteiger partial charge is 0.162 e. The van der Waals surface area contributed by atoms with Crippen molar-refractivity contribution in [3.8, 4) is 0 Å². The zero-order chi connectivity index (χ0) is 11.8. The van der Waals surface area contributed by atoms with Crippen LogP contribution in [0.4, 0.5) is 0 Å². The Morgan fingerprint density at radius 2 is 2.35 bits per heavy atom. The van der Waals surface area contributed by atoms with Crippen LogP contribution in [0, 0.1) is 0 Å². The third-order valence-corrected chi connectivity index (χ3v) is 4.85. The fourth-order valence-electron chi connectivity index (χ4n) is 2.38. The summed E-state index contributed by atoms with van der Waals surface area (Å²) in [5.41, 5.74) is 0.0962. The van der Waals surface area contributed by atoms with Crippen molar-refractivity contribution in [2.24, 2.45) is 4.99 Å². The number of aliphatic hydroxyl groups excluding tert-OH is 1. The van der Waals surface area contributed by atoms with Gasteiger partial charge in [-0.1, -0.05) is 17.8 Å². The molecule has 1 N–H and O–H groups in total. The van der Waals surface area contributed by atoms with Crippen LogP contribution in [0.2, 0.25) is 0 Å². The van der Waals surface area contributed by atoms with Gasteiger partial charge in [0.2, 0.25) is 0 Å². The summed E-state index contributed by atoms with van der Waals surface area (Å²) in [4.78, 5) is 7.04. The molecule has 0 aromatic carbocycles. The van der Waals surface area contributed by atoms with Crippen LogP contribution in [0.15, 0.2) is 17.6 Å². The molecule has 4 nitrogen and oxygen atoms in total. The van der Waals surface area contributed by atoms with Crippen molar-refractivity contribution in [2.45, 2.75) is 42.9 Å². The van der Waals surface area contributed by atoms with E-state index in [4.69, 9.17) is 9.73 Å². The van der Waals surface area contributed by atoms with Gasteiger partial charge in [-0.2, -0.15) is 0 Å². The number of hydrogen-bond acceptors (Lipinski definition) is 5. The van der Waals surface area contributed by atoms with E-state index in [1.165, 1.54) is 6.42 Å². The Kier molecular flexibility index (Phi) is 3.15. The van der Waals surface area contributed by atoms with E-state index in [1.807, 2.05) is 0 Å². The van der Waals surface area contributed by atoms with Crippen LogP contribution >= 0.6 is 11.8 Å². The second kappa shape index (κ2) is 4.63. The standard InChI is InChI=1S/C12H18N2O2S/c1-2-9(15)10-5-4-8-11(16-10)17-12(13-8)14-6-3-7-14/h2,8-11,15H,1,3-7H2/t8-,9+,10-,11-/m1/s1. The van der Waals surface area contributed by atoms with Crippen LogP contribution in [0.5, 0.6) is 0 Å². The number of fused-ring (bicyclic) bond motifs is 1. The summed E-state index contributed by atoms with van der Waals surface area (Å²) in [6.07, 6.45) is 4.04. The molecule has 3 aliphatic rings. The molecule has 2 saturated heterocycles. The van der Waals surface area contributed by atoms with Gasteiger partial charge in [0.05, 0.1) is 18.2 Å². The molecular weight excluding hydrogens is 236 g/mol. The van der Waals surface area contributed by atoms with E-state index >= 15 is 0 Å².